The number of nitrogens with zero attached hydrogens (tertiary/aromatic N) is 1. The summed E-state index contributed by atoms with van der Waals surface area (Å²) in [4.78, 5) is 28.1. The van der Waals surface area contributed by atoms with Crippen LogP contribution in [0, 0.1) is 0 Å². The molecule has 1 N–H and O–H groups in total. The Labute approximate surface area is 176 Å². The summed E-state index contributed by atoms with van der Waals surface area (Å²) < 4.78 is 5.37. The third-order valence-corrected chi connectivity index (χ3v) is 5.48. The molecule has 1 heterocycles. The number of methoxy groups -OCH3 is 1. The number of amides is 2. The number of hydrogen-bond acceptors (Lipinski definition) is 3. The highest BCUT2D eigenvalue weighted by Crippen LogP contribution is 2.25. The van der Waals surface area contributed by atoms with Gasteiger partial charge in [0, 0.05) is 30.6 Å². The van der Waals surface area contributed by atoms with Gasteiger partial charge in [0.25, 0.3) is 5.91 Å². The van der Waals surface area contributed by atoms with E-state index in [0.29, 0.717) is 25.1 Å². The van der Waals surface area contributed by atoms with Crippen molar-refractivity contribution in [2.45, 2.75) is 25.6 Å². The highest BCUT2D eigenvalue weighted by Gasteiger charge is 2.34. The van der Waals surface area contributed by atoms with Gasteiger partial charge in [0.1, 0.15) is 11.8 Å². The average molecular weight is 400 g/mol. The molecule has 0 bridgehead atoms. The fourth-order valence-electron chi connectivity index (χ4n) is 3.87. The van der Waals surface area contributed by atoms with Gasteiger partial charge in [0.15, 0.2) is 0 Å². The fourth-order valence-corrected chi connectivity index (χ4v) is 3.87. The minimum atomic E-state index is -0.567. The summed E-state index contributed by atoms with van der Waals surface area (Å²) in [5, 5.41) is 3.00. The average Bonchev–Trinajstić information content (AvgIpc) is 2.82. The van der Waals surface area contributed by atoms with Crippen LogP contribution < -0.4 is 10.1 Å². The Morgan fingerprint density at radius 3 is 2.37 bits per heavy atom. The minimum absolute atomic E-state index is 0.137. The predicted octanol–water partition coefficient (Wildman–Crippen LogP) is 3.58. The number of carbonyl (C=O) groups is 2. The maximum atomic E-state index is 13.2. The molecular formula is C25H24N2O3. The van der Waals surface area contributed by atoms with Crippen LogP contribution >= 0.6 is 0 Å². The molecule has 0 saturated carbocycles. The Kier molecular flexibility index (Phi) is 5.80. The third-order valence-electron chi connectivity index (χ3n) is 5.48. The zero-order chi connectivity index (χ0) is 20.9. The molecule has 0 aromatic heterocycles. The molecular weight excluding hydrogens is 376 g/mol. The molecule has 5 nitrogen and oxygen atoms in total. The Bertz CT molecular complexity index is 1050. The lowest BCUT2D eigenvalue weighted by molar-refractivity contribution is -0.126. The monoisotopic (exact) mass is 400 g/mol. The van der Waals surface area contributed by atoms with Crippen molar-refractivity contribution in [1.82, 2.24) is 10.2 Å². The lowest BCUT2D eigenvalue weighted by Crippen LogP contribution is -2.52. The SMILES string of the molecule is COc1ccccc1CNC(=O)[C@H]1Cc2ccccc2CN1C(=O)c1ccccc1. The Balaban J connectivity index is 1.58. The van der Waals surface area contributed by atoms with Gasteiger partial charge in [-0.3, -0.25) is 9.59 Å². The number of para-hydroxylation sites is 1. The third kappa shape index (κ3) is 4.06. The van der Waals surface area contributed by atoms with Crippen LogP contribution in [0.2, 0.25) is 0 Å². The molecule has 152 valence electrons. The topological polar surface area (TPSA) is 58.6 Å². The number of hydrogen-bond donors (Lipinski definition) is 1. The first-order valence-corrected chi connectivity index (χ1v) is 10.00. The number of carbonyl (C=O) groups excluding carboxylic acids is 2. The largest absolute Gasteiger partial charge is 0.496 e. The van der Waals surface area contributed by atoms with Gasteiger partial charge in [-0.25, -0.2) is 0 Å². The minimum Gasteiger partial charge on any atom is -0.496 e. The zero-order valence-corrected chi connectivity index (χ0v) is 16.9. The van der Waals surface area contributed by atoms with Crippen LogP contribution in [0.1, 0.15) is 27.0 Å². The second kappa shape index (κ2) is 8.82. The van der Waals surface area contributed by atoms with Crippen LogP contribution in [0.15, 0.2) is 78.9 Å². The molecule has 4 rings (SSSR count). The van der Waals surface area contributed by atoms with Crippen LogP contribution in [-0.4, -0.2) is 29.9 Å². The van der Waals surface area contributed by atoms with E-state index in [0.717, 1.165) is 22.4 Å². The van der Waals surface area contributed by atoms with Crippen molar-refractivity contribution in [3.05, 3.63) is 101 Å². The van der Waals surface area contributed by atoms with Crippen molar-refractivity contribution in [3.63, 3.8) is 0 Å². The lowest BCUT2D eigenvalue weighted by Gasteiger charge is -2.36. The number of benzene rings is 3. The van der Waals surface area contributed by atoms with Crippen molar-refractivity contribution in [1.29, 1.82) is 0 Å². The van der Waals surface area contributed by atoms with E-state index < -0.39 is 6.04 Å². The van der Waals surface area contributed by atoms with Crippen molar-refractivity contribution >= 4 is 11.8 Å². The van der Waals surface area contributed by atoms with Gasteiger partial charge >= 0.3 is 0 Å². The molecule has 30 heavy (non-hydrogen) atoms. The van der Waals surface area contributed by atoms with Crippen LogP contribution in [-0.2, 0) is 24.3 Å². The Morgan fingerprint density at radius 1 is 0.933 bits per heavy atom. The van der Waals surface area contributed by atoms with E-state index in [1.165, 1.54) is 0 Å². The van der Waals surface area contributed by atoms with E-state index >= 15 is 0 Å². The maximum absolute atomic E-state index is 13.2. The van der Waals surface area contributed by atoms with Crippen molar-refractivity contribution in [2.24, 2.45) is 0 Å². The van der Waals surface area contributed by atoms with Crippen LogP contribution in [0.25, 0.3) is 0 Å². The normalized spacial score (nSPS) is 15.2. The van der Waals surface area contributed by atoms with Crippen LogP contribution in [0.3, 0.4) is 0 Å². The van der Waals surface area contributed by atoms with Gasteiger partial charge in [0.05, 0.1) is 7.11 Å². The van der Waals surface area contributed by atoms with E-state index in [4.69, 9.17) is 4.74 Å². The smallest absolute Gasteiger partial charge is 0.254 e. The van der Waals surface area contributed by atoms with Gasteiger partial charge in [-0.05, 0) is 29.3 Å². The van der Waals surface area contributed by atoms with E-state index in [9.17, 15) is 9.59 Å². The molecule has 1 atom stereocenters. The molecule has 1 aliphatic heterocycles. The van der Waals surface area contributed by atoms with E-state index in [2.05, 4.69) is 5.32 Å². The quantitative estimate of drug-likeness (QED) is 0.712. The van der Waals surface area contributed by atoms with E-state index in [1.54, 1.807) is 24.1 Å². The highest BCUT2D eigenvalue weighted by molar-refractivity contribution is 5.98. The van der Waals surface area contributed by atoms with Gasteiger partial charge in [0.2, 0.25) is 5.91 Å². The standard InChI is InChI=1S/C25H24N2O3/c1-30-23-14-8-7-12-20(23)16-26-24(28)22-15-19-11-5-6-13-21(19)17-27(22)25(29)18-9-3-2-4-10-18/h2-14,22H,15-17H2,1H3,(H,26,28)/t22-/m1/s1. The summed E-state index contributed by atoms with van der Waals surface area (Å²) in [5.74, 6) is 0.422. The number of nitrogens with one attached hydrogen (secondary N) is 1. The molecule has 0 saturated heterocycles. The first-order valence-electron chi connectivity index (χ1n) is 10.00. The van der Waals surface area contributed by atoms with Crippen LogP contribution in [0.4, 0.5) is 0 Å². The molecule has 2 amide bonds. The van der Waals surface area contributed by atoms with Gasteiger partial charge in [-0.2, -0.15) is 0 Å². The molecule has 1 aliphatic rings. The van der Waals surface area contributed by atoms with Crippen molar-refractivity contribution in [3.8, 4) is 5.75 Å². The summed E-state index contributed by atoms with van der Waals surface area (Å²) in [6.45, 7) is 0.755. The molecule has 0 aliphatic carbocycles. The number of fused-ring (bicyclic) bond motifs is 1. The van der Waals surface area contributed by atoms with Gasteiger partial charge in [-0.15, -0.1) is 0 Å². The first kappa shape index (κ1) is 19.7. The van der Waals surface area contributed by atoms with Crippen molar-refractivity contribution < 1.29 is 14.3 Å². The lowest BCUT2D eigenvalue weighted by atomic mass is 9.92. The zero-order valence-electron chi connectivity index (χ0n) is 16.9. The number of ether oxygens (including phenoxy) is 1. The number of rotatable bonds is 5. The second-order valence-electron chi connectivity index (χ2n) is 7.32. The highest BCUT2D eigenvalue weighted by atomic mass is 16.5. The molecule has 3 aromatic rings. The predicted molar refractivity (Wildman–Crippen MR) is 115 cm³/mol. The molecule has 0 radical (unpaired) electrons. The van der Waals surface area contributed by atoms with Crippen molar-refractivity contribution in [2.75, 3.05) is 7.11 Å². The van der Waals surface area contributed by atoms with Gasteiger partial charge in [-0.1, -0.05) is 60.7 Å². The molecule has 0 spiro atoms. The second-order valence-corrected chi connectivity index (χ2v) is 7.32. The fraction of sp³-hybridized carbons (Fsp3) is 0.200. The van der Waals surface area contributed by atoms with E-state index in [1.807, 2.05) is 66.7 Å². The Morgan fingerprint density at radius 2 is 1.60 bits per heavy atom. The van der Waals surface area contributed by atoms with Crippen LogP contribution in [0.5, 0.6) is 5.75 Å². The summed E-state index contributed by atoms with van der Waals surface area (Å²) in [6.07, 6.45) is 0.493. The summed E-state index contributed by atoms with van der Waals surface area (Å²) >= 11 is 0. The Hall–Kier alpha value is -3.60. The maximum Gasteiger partial charge on any atom is 0.254 e. The molecule has 3 aromatic carbocycles. The molecule has 0 fully saturated rings. The summed E-state index contributed by atoms with van der Waals surface area (Å²) in [6, 6.07) is 24.1. The summed E-state index contributed by atoms with van der Waals surface area (Å²) in [5.41, 5.74) is 3.66. The molecule has 5 heteroatoms. The van der Waals surface area contributed by atoms with Gasteiger partial charge < -0.3 is 15.0 Å². The van der Waals surface area contributed by atoms with E-state index in [-0.39, 0.29) is 11.8 Å². The molecule has 0 unspecified atom stereocenters. The first-order chi connectivity index (χ1) is 14.7. The summed E-state index contributed by atoms with van der Waals surface area (Å²) in [7, 11) is 1.61.